The second kappa shape index (κ2) is 9.76. The van der Waals surface area contributed by atoms with Crippen LogP contribution in [0.5, 0.6) is 0 Å². The van der Waals surface area contributed by atoms with Crippen molar-refractivity contribution in [1.29, 1.82) is 0 Å². The van der Waals surface area contributed by atoms with E-state index in [2.05, 4.69) is 76.4 Å². The summed E-state index contributed by atoms with van der Waals surface area (Å²) in [6.07, 6.45) is 4.79. The third-order valence-electron chi connectivity index (χ3n) is 4.12. The van der Waals surface area contributed by atoms with E-state index in [0.717, 1.165) is 11.8 Å². The lowest BCUT2D eigenvalue weighted by Gasteiger charge is -2.22. The first-order valence-electron chi connectivity index (χ1n) is 9.07. The van der Waals surface area contributed by atoms with Crippen LogP contribution in [0.3, 0.4) is 0 Å². The maximum Gasteiger partial charge on any atom is 0.0343 e. The third-order valence-corrected chi connectivity index (χ3v) is 4.12. The minimum Gasteiger partial charge on any atom is -0.382 e. The quantitative estimate of drug-likeness (QED) is 0.541. The highest BCUT2D eigenvalue weighted by Crippen LogP contribution is 2.20. The van der Waals surface area contributed by atoms with Crippen LogP contribution < -0.4 is 10.6 Å². The largest absolute Gasteiger partial charge is 0.382 e. The van der Waals surface area contributed by atoms with Gasteiger partial charge in [0.25, 0.3) is 0 Å². The Hall–Kier alpha value is -1.18. The summed E-state index contributed by atoms with van der Waals surface area (Å²) in [4.78, 5) is 0. The van der Waals surface area contributed by atoms with E-state index >= 15 is 0 Å². The van der Waals surface area contributed by atoms with Gasteiger partial charge in [-0.1, -0.05) is 41.5 Å². The summed E-state index contributed by atoms with van der Waals surface area (Å²) >= 11 is 0. The van der Waals surface area contributed by atoms with E-state index in [4.69, 9.17) is 0 Å². The maximum atomic E-state index is 3.66. The van der Waals surface area contributed by atoms with Crippen molar-refractivity contribution in [1.82, 2.24) is 0 Å². The van der Waals surface area contributed by atoms with Gasteiger partial charge in [0.15, 0.2) is 0 Å². The lowest BCUT2D eigenvalue weighted by atomic mass is 10.0. The Morgan fingerprint density at radius 2 is 1.00 bits per heavy atom. The van der Waals surface area contributed by atoms with E-state index in [1.807, 2.05) is 0 Å². The van der Waals surface area contributed by atoms with Crippen LogP contribution in [0.25, 0.3) is 0 Å². The van der Waals surface area contributed by atoms with Crippen LogP contribution in [-0.4, -0.2) is 12.1 Å². The molecule has 1 aromatic rings. The molecule has 2 atom stereocenters. The Morgan fingerprint density at radius 1 is 0.682 bits per heavy atom. The topological polar surface area (TPSA) is 24.1 Å². The van der Waals surface area contributed by atoms with Gasteiger partial charge in [-0.3, -0.25) is 0 Å². The molecule has 0 saturated heterocycles. The van der Waals surface area contributed by atoms with Crippen LogP contribution >= 0.6 is 0 Å². The van der Waals surface area contributed by atoms with E-state index in [-0.39, 0.29) is 0 Å². The van der Waals surface area contributed by atoms with Gasteiger partial charge in [0, 0.05) is 23.5 Å². The lowest BCUT2D eigenvalue weighted by molar-refractivity contribution is 0.507. The van der Waals surface area contributed by atoms with E-state index in [0.29, 0.717) is 12.1 Å². The van der Waals surface area contributed by atoms with Crippen molar-refractivity contribution in [2.75, 3.05) is 10.6 Å². The van der Waals surface area contributed by atoms with Crippen LogP contribution in [-0.2, 0) is 0 Å². The summed E-state index contributed by atoms with van der Waals surface area (Å²) in [6, 6.07) is 9.95. The molecule has 2 heteroatoms. The minimum absolute atomic E-state index is 0.572. The van der Waals surface area contributed by atoms with E-state index < -0.39 is 0 Å². The lowest BCUT2D eigenvalue weighted by Crippen LogP contribution is -2.21. The van der Waals surface area contributed by atoms with Crippen molar-refractivity contribution < 1.29 is 0 Å². The molecule has 0 amide bonds. The number of anilines is 2. The molecule has 0 saturated carbocycles. The fourth-order valence-corrected chi connectivity index (χ4v) is 2.93. The molecular weight excluding hydrogens is 268 g/mol. The molecule has 2 nitrogen and oxygen atoms in total. The van der Waals surface area contributed by atoms with Crippen molar-refractivity contribution >= 4 is 11.4 Å². The van der Waals surface area contributed by atoms with Crippen molar-refractivity contribution in [3.8, 4) is 0 Å². The second-order valence-electron chi connectivity index (χ2n) is 7.34. The van der Waals surface area contributed by atoms with Crippen LogP contribution in [0.1, 0.15) is 67.2 Å². The zero-order chi connectivity index (χ0) is 16.5. The number of nitrogens with one attached hydrogen (secondary N) is 2. The van der Waals surface area contributed by atoms with Gasteiger partial charge >= 0.3 is 0 Å². The van der Waals surface area contributed by atoms with Gasteiger partial charge in [-0.15, -0.1) is 0 Å². The first-order chi connectivity index (χ1) is 10.4. The molecule has 0 spiro atoms. The number of hydrogen-bond acceptors (Lipinski definition) is 2. The fourth-order valence-electron chi connectivity index (χ4n) is 2.93. The number of rotatable bonds is 10. The van der Waals surface area contributed by atoms with Crippen LogP contribution in [0.15, 0.2) is 24.3 Å². The monoisotopic (exact) mass is 304 g/mol. The molecule has 0 aliphatic carbocycles. The van der Waals surface area contributed by atoms with E-state index in [9.17, 15) is 0 Å². The zero-order valence-electron chi connectivity index (χ0n) is 15.4. The average Bonchev–Trinajstić information content (AvgIpc) is 2.46. The minimum atomic E-state index is 0.572. The standard InChI is InChI=1S/C20H36N2/c1-7-17(13-15(3)4)21-19-9-11-20(12-10-19)22-18(8-2)14-16(5)6/h9-12,15-18,21-22H,7-8,13-14H2,1-6H3/t17-,18+. The predicted molar refractivity (Wildman–Crippen MR) is 101 cm³/mol. The SMILES string of the molecule is CC[C@H](CC(C)C)Nc1ccc(N[C@@H](CC)CC(C)C)cc1. The van der Waals surface area contributed by atoms with E-state index in [1.54, 1.807) is 0 Å². The summed E-state index contributed by atoms with van der Waals surface area (Å²) in [6.45, 7) is 13.7. The first-order valence-corrected chi connectivity index (χ1v) is 9.07. The molecular formula is C20H36N2. The molecule has 0 aromatic heterocycles. The van der Waals surface area contributed by atoms with Gasteiger partial charge in [-0.25, -0.2) is 0 Å². The number of hydrogen-bond donors (Lipinski definition) is 2. The molecule has 2 N–H and O–H groups in total. The Labute approximate surface area is 138 Å². The van der Waals surface area contributed by atoms with Gasteiger partial charge in [-0.2, -0.15) is 0 Å². The van der Waals surface area contributed by atoms with E-state index in [1.165, 1.54) is 37.1 Å². The molecule has 1 rings (SSSR count). The Balaban J connectivity index is 2.58. The smallest absolute Gasteiger partial charge is 0.0343 e. The van der Waals surface area contributed by atoms with Crippen molar-refractivity contribution in [3.05, 3.63) is 24.3 Å². The average molecular weight is 305 g/mol. The molecule has 126 valence electrons. The highest BCUT2D eigenvalue weighted by Gasteiger charge is 2.10. The summed E-state index contributed by atoms with van der Waals surface area (Å²) in [5.41, 5.74) is 2.46. The molecule has 1 aromatic carbocycles. The molecule has 0 unspecified atom stereocenters. The van der Waals surface area contributed by atoms with Gasteiger partial charge in [0.2, 0.25) is 0 Å². The molecule has 0 bridgehead atoms. The summed E-state index contributed by atoms with van der Waals surface area (Å²) < 4.78 is 0. The predicted octanol–water partition coefficient (Wildman–Crippen LogP) is 6.16. The highest BCUT2D eigenvalue weighted by molar-refractivity contribution is 5.54. The van der Waals surface area contributed by atoms with Gasteiger partial charge in [0.05, 0.1) is 0 Å². The van der Waals surface area contributed by atoms with Crippen LogP contribution in [0.4, 0.5) is 11.4 Å². The normalized spacial score (nSPS) is 14.2. The Morgan fingerprint density at radius 3 is 1.23 bits per heavy atom. The van der Waals surface area contributed by atoms with Crippen LogP contribution in [0, 0.1) is 11.8 Å². The zero-order valence-corrected chi connectivity index (χ0v) is 15.4. The fraction of sp³-hybridized carbons (Fsp3) is 0.700. The Kier molecular flexibility index (Phi) is 8.37. The third kappa shape index (κ3) is 7.20. The molecule has 0 radical (unpaired) electrons. The van der Waals surface area contributed by atoms with Crippen molar-refractivity contribution in [3.63, 3.8) is 0 Å². The number of benzene rings is 1. The maximum absolute atomic E-state index is 3.66. The highest BCUT2D eigenvalue weighted by atomic mass is 14.9. The Bertz CT molecular complexity index is 356. The molecule has 0 aliphatic heterocycles. The summed E-state index contributed by atoms with van der Waals surface area (Å²) in [5, 5.41) is 7.32. The second-order valence-corrected chi connectivity index (χ2v) is 7.34. The first kappa shape index (κ1) is 18.9. The molecule has 22 heavy (non-hydrogen) atoms. The molecule has 0 fully saturated rings. The van der Waals surface area contributed by atoms with Gasteiger partial charge in [0.1, 0.15) is 0 Å². The summed E-state index contributed by atoms with van der Waals surface area (Å²) in [5.74, 6) is 1.47. The molecule has 0 heterocycles. The van der Waals surface area contributed by atoms with Crippen molar-refractivity contribution in [2.24, 2.45) is 11.8 Å². The van der Waals surface area contributed by atoms with Gasteiger partial charge in [-0.05, 0) is 61.8 Å². The molecule has 0 aliphatic rings. The van der Waals surface area contributed by atoms with Crippen molar-refractivity contribution in [2.45, 2.75) is 79.3 Å². The van der Waals surface area contributed by atoms with Crippen LogP contribution in [0.2, 0.25) is 0 Å². The van der Waals surface area contributed by atoms with Gasteiger partial charge < -0.3 is 10.6 Å². The summed E-state index contributed by atoms with van der Waals surface area (Å²) in [7, 11) is 0.